The number of amides is 1. The first-order valence-corrected chi connectivity index (χ1v) is 9.54. The standard InChI is InChI=1S/C21H28N2O3/c1-13-9-15-11-20(26-18(15)10-14(13)2)21(24)23-7-8-25-19-12-16(22(3)4)5-6-17(19)23/h9-11,16-17,19H,5-8,12H2,1-4H3/t16-,17-,19+/m0/s1. The monoisotopic (exact) mass is 356 g/mol. The van der Waals surface area contributed by atoms with Crippen molar-refractivity contribution in [2.75, 3.05) is 27.2 Å². The highest BCUT2D eigenvalue weighted by Gasteiger charge is 2.41. The molecule has 2 heterocycles. The molecule has 4 rings (SSSR count). The van der Waals surface area contributed by atoms with Crippen LogP contribution in [-0.4, -0.2) is 61.1 Å². The van der Waals surface area contributed by atoms with Crippen LogP contribution in [0.2, 0.25) is 0 Å². The van der Waals surface area contributed by atoms with Crippen LogP contribution in [0.3, 0.4) is 0 Å². The van der Waals surface area contributed by atoms with E-state index >= 15 is 0 Å². The molecule has 1 aromatic heterocycles. The summed E-state index contributed by atoms with van der Waals surface area (Å²) in [7, 11) is 4.24. The number of fused-ring (bicyclic) bond motifs is 2. The molecule has 1 aromatic carbocycles. The number of furan rings is 1. The summed E-state index contributed by atoms with van der Waals surface area (Å²) >= 11 is 0. The van der Waals surface area contributed by atoms with Gasteiger partial charge in [0, 0.05) is 18.0 Å². The summed E-state index contributed by atoms with van der Waals surface area (Å²) in [6, 6.07) is 6.69. The van der Waals surface area contributed by atoms with Gasteiger partial charge >= 0.3 is 0 Å². The predicted octanol–water partition coefficient (Wildman–Crippen LogP) is 3.37. The lowest BCUT2D eigenvalue weighted by Crippen LogP contribution is -2.57. The van der Waals surface area contributed by atoms with Gasteiger partial charge in [0.1, 0.15) is 5.58 Å². The number of nitrogens with zero attached hydrogens (tertiary/aromatic N) is 2. The molecule has 3 atom stereocenters. The summed E-state index contributed by atoms with van der Waals surface area (Å²) in [5.41, 5.74) is 3.18. The number of rotatable bonds is 2. The maximum Gasteiger partial charge on any atom is 0.290 e. The number of hydrogen-bond acceptors (Lipinski definition) is 4. The van der Waals surface area contributed by atoms with Crippen LogP contribution in [0.1, 0.15) is 40.9 Å². The number of carbonyl (C=O) groups excluding carboxylic acids is 1. The van der Waals surface area contributed by atoms with Crippen LogP contribution in [0.5, 0.6) is 0 Å². The summed E-state index contributed by atoms with van der Waals surface area (Å²) in [6.07, 6.45) is 3.19. The average Bonchev–Trinajstić information content (AvgIpc) is 3.03. The second-order valence-electron chi connectivity index (χ2n) is 7.99. The minimum atomic E-state index is -0.00175. The van der Waals surface area contributed by atoms with Gasteiger partial charge in [-0.15, -0.1) is 0 Å². The van der Waals surface area contributed by atoms with Crippen molar-refractivity contribution in [2.24, 2.45) is 0 Å². The fraction of sp³-hybridized carbons (Fsp3) is 0.571. The number of morpholine rings is 1. The molecule has 1 amide bonds. The van der Waals surface area contributed by atoms with Gasteiger partial charge < -0.3 is 19.0 Å². The Morgan fingerprint density at radius 2 is 1.92 bits per heavy atom. The van der Waals surface area contributed by atoms with Crippen molar-refractivity contribution in [2.45, 2.75) is 51.3 Å². The van der Waals surface area contributed by atoms with Gasteiger partial charge in [-0.3, -0.25) is 4.79 Å². The van der Waals surface area contributed by atoms with Crippen LogP contribution in [0.4, 0.5) is 0 Å². The van der Waals surface area contributed by atoms with Gasteiger partial charge in [-0.1, -0.05) is 0 Å². The molecule has 2 aliphatic rings. The maximum absolute atomic E-state index is 13.2. The van der Waals surface area contributed by atoms with Gasteiger partial charge in [-0.2, -0.15) is 0 Å². The highest BCUT2D eigenvalue weighted by Crippen LogP contribution is 2.32. The molecule has 0 N–H and O–H groups in total. The minimum Gasteiger partial charge on any atom is -0.451 e. The zero-order chi connectivity index (χ0) is 18.4. The van der Waals surface area contributed by atoms with Crippen LogP contribution >= 0.6 is 0 Å². The Hall–Kier alpha value is -1.85. The molecule has 2 fully saturated rings. The van der Waals surface area contributed by atoms with Gasteiger partial charge in [-0.05, 0) is 76.5 Å². The van der Waals surface area contributed by atoms with Crippen molar-refractivity contribution in [3.63, 3.8) is 0 Å². The lowest BCUT2D eigenvalue weighted by molar-refractivity contribution is -0.0882. The highest BCUT2D eigenvalue weighted by molar-refractivity contribution is 5.96. The van der Waals surface area contributed by atoms with Gasteiger partial charge in [0.2, 0.25) is 0 Å². The zero-order valence-corrected chi connectivity index (χ0v) is 16.1. The van der Waals surface area contributed by atoms with Crippen LogP contribution in [-0.2, 0) is 4.74 Å². The van der Waals surface area contributed by atoms with E-state index in [0.717, 1.165) is 30.2 Å². The van der Waals surface area contributed by atoms with E-state index in [1.54, 1.807) is 0 Å². The Bertz CT molecular complexity index is 787. The van der Waals surface area contributed by atoms with Crippen LogP contribution < -0.4 is 0 Å². The van der Waals surface area contributed by atoms with Crippen LogP contribution in [0.15, 0.2) is 22.6 Å². The molecule has 0 bridgehead atoms. The number of carbonyl (C=O) groups is 1. The first kappa shape index (κ1) is 17.6. The third-order valence-electron chi connectivity index (χ3n) is 6.13. The SMILES string of the molecule is Cc1cc2cc(C(=O)N3CCO[C@@H]4C[C@@H](N(C)C)CC[C@@H]43)oc2cc1C. The molecule has 26 heavy (non-hydrogen) atoms. The van der Waals surface area contributed by atoms with Crippen LogP contribution in [0.25, 0.3) is 11.0 Å². The normalized spacial score (nSPS) is 26.3. The summed E-state index contributed by atoms with van der Waals surface area (Å²) in [5.74, 6) is 0.443. The largest absolute Gasteiger partial charge is 0.451 e. The summed E-state index contributed by atoms with van der Waals surface area (Å²) in [5, 5.41) is 0.998. The first-order valence-electron chi connectivity index (χ1n) is 9.54. The molecule has 1 saturated heterocycles. The molecular formula is C21H28N2O3. The molecule has 140 valence electrons. The zero-order valence-electron chi connectivity index (χ0n) is 16.1. The Balaban J connectivity index is 1.58. The first-order chi connectivity index (χ1) is 12.4. The van der Waals surface area contributed by atoms with Crippen molar-refractivity contribution in [1.82, 2.24) is 9.80 Å². The molecule has 2 aromatic rings. The predicted molar refractivity (Wildman–Crippen MR) is 102 cm³/mol. The minimum absolute atomic E-state index is 0.00175. The van der Waals surface area contributed by atoms with E-state index in [4.69, 9.17) is 9.15 Å². The lowest BCUT2D eigenvalue weighted by Gasteiger charge is -2.46. The average molecular weight is 356 g/mol. The smallest absolute Gasteiger partial charge is 0.290 e. The van der Waals surface area contributed by atoms with E-state index in [1.807, 2.05) is 17.0 Å². The second-order valence-corrected chi connectivity index (χ2v) is 7.99. The maximum atomic E-state index is 13.2. The number of benzene rings is 1. The summed E-state index contributed by atoms with van der Waals surface area (Å²) in [6.45, 7) is 5.39. The van der Waals surface area contributed by atoms with Crippen LogP contribution in [0, 0.1) is 13.8 Å². The molecule has 5 heteroatoms. The lowest BCUT2D eigenvalue weighted by atomic mass is 9.86. The summed E-state index contributed by atoms with van der Waals surface area (Å²) in [4.78, 5) is 17.4. The van der Waals surface area contributed by atoms with E-state index in [0.29, 0.717) is 25.0 Å². The van der Waals surface area contributed by atoms with Gasteiger partial charge in [0.25, 0.3) is 5.91 Å². The van der Waals surface area contributed by atoms with E-state index < -0.39 is 0 Å². The van der Waals surface area contributed by atoms with E-state index in [-0.39, 0.29) is 18.1 Å². The van der Waals surface area contributed by atoms with Crippen molar-refractivity contribution in [3.05, 3.63) is 35.1 Å². The topological polar surface area (TPSA) is 45.9 Å². The number of ether oxygens (including phenoxy) is 1. The van der Waals surface area contributed by atoms with Gasteiger partial charge in [0.05, 0.1) is 18.8 Å². The molecule has 1 aliphatic carbocycles. The molecule has 1 aliphatic heterocycles. The van der Waals surface area contributed by atoms with Gasteiger partial charge in [-0.25, -0.2) is 0 Å². The fourth-order valence-corrected chi connectivity index (χ4v) is 4.37. The quantitative estimate of drug-likeness (QED) is 0.828. The van der Waals surface area contributed by atoms with Crippen molar-refractivity contribution >= 4 is 16.9 Å². The Morgan fingerprint density at radius 1 is 1.15 bits per heavy atom. The van der Waals surface area contributed by atoms with Crippen molar-refractivity contribution < 1.29 is 13.9 Å². The Kier molecular flexibility index (Phi) is 4.53. The summed E-state index contributed by atoms with van der Waals surface area (Å²) < 4.78 is 11.9. The molecular weight excluding hydrogens is 328 g/mol. The molecule has 1 saturated carbocycles. The Morgan fingerprint density at radius 3 is 2.69 bits per heavy atom. The number of aryl methyl sites for hydroxylation is 2. The highest BCUT2D eigenvalue weighted by atomic mass is 16.5. The Labute approximate surface area is 154 Å². The van der Waals surface area contributed by atoms with E-state index in [1.165, 1.54) is 11.1 Å². The van der Waals surface area contributed by atoms with Gasteiger partial charge in [0.15, 0.2) is 5.76 Å². The third-order valence-corrected chi connectivity index (χ3v) is 6.13. The van der Waals surface area contributed by atoms with Crippen molar-refractivity contribution in [3.8, 4) is 0 Å². The third kappa shape index (κ3) is 3.03. The second kappa shape index (κ2) is 6.71. The number of hydrogen-bond donors (Lipinski definition) is 0. The van der Waals surface area contributed by atoms with Crippen molar-refractivity contribution in [1.29, 1.82) is 0 Å². The molecule has 0 unspecified atom stereocenters. The molecule has 5 nitrogen and oxygen atoms in total. The molecule has 0 spiro atoms. The molecule has 0 radical (unpaired) electrons. The fourth-order valence-electron chi connectivity index (χ4n) is 4.37. The van der Waals surface area contributed by atoms with E-state index in [2.05, 4.69) is 38.9 Å². The van der Waals surface area contributed by atoms with E-state index in [9.17, 15) is 4.79 Å².